The number of rotatable bonds is 5. The molecule has 0 fully saturated rings. The number of furan rings is 1. The molecule has 1 rings (SSSR count). The summed E-state index contributed by atoms with van der Waals surface area (Å²) in [6, 6.07) is 3.99. The second-order valence-electron chi connectivity index (χ2n) is 4.90. The van der Waals surface area contributed by atoms with Crippen molar-refractivity contribution in [3.05, 3.63) is 17.9 Å². The van der Waals surface area contributed by atoms with Crippen molar-refractivity contribution in [2.24, 2.45) is 5.73 Å². The lowest BCUT2D eigenvalue weighted by Crippen LogP contribution is -2.33. The Morgan fingerprint density at radius 3 is 2.53 bits per heavy atom. The highest BCUT2D eigenvalue weighted by Gasteiger charge is 2.11. The predicted octanol–water partition coefficient (Wildman–Crippen LogP) is 2.54. The highest BCUT2D eigenvalue weighted by Crippen LogP contribution is 2.17. The maximum absolute atomic E-state index is 5.92. The van der Waals surface area contributed by atoms with Crippen LogP contribution in [0, 0.1) is 6.92 Å². The molecule has 0 saturated heterocycles. The van der Waals surface area contributed by atoms with Crippen LogP contribution in [0.5, 0.6) is 0 Å². The van der Waals surface area contributed by atoms with E-state index in [0.717, 1.165) is 31.0 Å². The molecule has 0 aromatic carbocycles. The van der Waals surface area contributed by atoms with E-state index in [1.54, 1.807) is 0 Å². The Bertz CT molecular complexity index is 299. The Morgan fingerprint density at radius 2 is 2.07 bits per heavy atom. The molecule has 1 aromatic heterocycles. The standard InChI is InChI=1S/C12H22N2O/c1-10-6-7-11(15-10)14(4)9-5-8-12(2,3)13/h6-7H,5,8-9,13H2,1-4H3. The molecule has 1 heterocycles. The summed E-state index contributed by atoms with van der Waals surface area (Å²) >= 11 is 0. The second-order valence-corrected chi connectivity index (χ2v) is 4.90. The van der Waals surface area contributed by atoms with Crippen molar-refractivity contribution in [2.75, 3.05) is 18.5 Å². The van der Waals surface area contributed by atoms with Gasteiger partial charge >= 0.3 is 0 Å². The molecule has 0 aliphatic rings. The van der Waals surface area contributed by atoms with E-state index in [4.69, 9.17) is 10.2 Å². The van der Waals surface area contributed by atoms with Crippen molar-refractivity contribution < 1.29 is 4.42 Å². The normalized spacial score (nSPS) is 11.8. The van der Waals surface area contributed by atoms with Gasteiger partial charge in [-0.1, -0.05) is 0 Å². The third-order valence-corrected chi connectivity index (χ3v) is 2.42. The zero-order chi connectivity index (χ0) is 11.5. The van der Waals surface area contributed by atoms with Crippen LogP contribution in [0.4, 0.5) is 5.88 Å². The van der Waals surface area contributed by atoms with Crippen molar-refractivity contribution in [1.29, 1.82) is 0 Å². The first-order valence-electron chi connectivity index (χ1n) is 5.45. The topological polar surface area (TPSA) is 42.4 Å². The minimum Gasteiger partial charge on any atom is -0.446 e. The van der Waals surface area contributed by atoms with E-state index in [-0.39, 0.29) is 5.54 Å². The second kappa shape index (κ2) is 4.71. The fourth-order valence-electron chi connectivity index (χ4n) is 1.51. The molecule has 0 aliphatic heterocycles. The Labute approximate surface area is 92.2 Å². The summed E-state index contributed by atoms with van der Waals surface area (Å²) in [5, 5.41) is 0. The van der Waals surface area contributed by atoms with Gasteiger partial charge in [0, 0.05) is 25.2 Å². The number of hydrogen-bond donors (Lipinski definition) is 1. The van der Waals surface area contributed by atoms with E-state index in [1.807, 2.05) is 26.1 Å². The van der Waals surface area contributed by atoms with Crippen LogP contribution in [-0.4, -0.2) is 19.1 Å². The van der Waals surface area contributed by atoms with Crippen LogP contribution in [0.15, 0.2) is 16.5 Å². The molecule has 0 atom stereocenters. The van der Waals surface area contributed by atoms with E-state index in [1.165, 1.54) is 0 Å². The molecule has 0 spiro atoms. The average molecular weight is 210 g/mol. The molecule has 0 saturated carbocycles. The maximum Gasteiger partial charge on any atom is 0.195 e. The monoisotopic (exact) mass is 210 g/mol. The van der Waals surface area contributed by atoms with Crippen molar-refractivity contribution >= 4 is 5.88 Å². The minimum atomic E-state index is -0.0695. The molecule has 15 heavy (non-hydrogen) atoms. The first-order valence-corrected chi connectivity index (χ1v) is 5.45. The zero-order valence-electron chi connectivity index (χ0n) is 10.2. The van der Waals surface area contributed by atoms with Gasteiger partial charge in [0.1, 0.15) is 5.76 Å². The smallest absolute Gasteiger partial charge is 0.195 e. The van der Waals surface area contributed by atoms with E-state index >= 15 is 0 Å². The van der Waals surface area contributed by atoms with Crippen LogP contribution in [0.2, 0.25) is 0 Å². The maximum atomic E-state index is 5.92. The fraction of sp³-hybridized carbons (Fsp3) is 0.667. The Balaban J connectivity index is 2.34. The molecule has 0 aliphatic carbocycles. The zero-order valence-corrected chi connectivity index (χ0v) is 10.2. The molecular formula is C12H22N2O. The summed E-state index contributed by atoms with van der Waals surface area (Å²) in [6.45, 7) is 7.06. The van der Waals surface area contributed by atoms with Gasteiger partial charge in [0.25, 0.3) is 0 Å². The number of aryl methyl sites for hydroxylation is 1. The molecule has 3 heteroatoms. The Hall–Kier alpha value is -0.960. The first kappa shape index (κ1) is 12.1. The summed E-state index contributed by atoms with van der Waals surface area (Å²) in [5.41, 5.74) is 5.85. The van der Waals surface area contributed by atoms with E-state index in [2.05, 4.69) is 18.7 Å². The summed E-state index contributed by atoms with van der Waals surface area (Å²) in [5.74, 6) is 1.89. The highest BCUT2D eigenvalue weighted by molar-refractivity contribution is 5.34. The number of nitrogens with two attached hydrogens (primary N) is 1. The Morgan fingerprint density at radius 1 is 1.40 bits per heavy atom. The quantitative estimate of drug-likeness (QED) is 0.812. The fourth-order valence-corrected chi connectivity index (χ4v) is 1.51. The van der Waals surface area contributed by atoms with E-state index < -0.39 is 0 Å². The van der Waals surface area contributed by atoms with E-state index in [0.29, 0.717) is 0 Å². The van der Waals surface area contributed by atoms with Gasteiger partial charge in [-0.15, -0.1) is 0 Å². The molecule has 3 nitrogen and oxygen atoms in total. The van der Waals surface area contributed by atoms with Gasteiger partial charge in [-0.3, -0.25) is 0 Å². The van der Waals surface area contributed by atoms with Gasteiger partial charge in [0.2, 0.25) is 0 Å². The third kappa shape index (κ3) is 4.38. The van der Waals surface area contributed by atoms with Crippen LogP contribution in [0.3, 0.4) is 0 Å². The van der Waals surface area contributed by atoms with Crippen molar-refractivity contribution in [3.63, 3.8) is 0 Å². The van der Waals surface area contributed by atoms with E-state index in [9.17, 15) is 0 Å². The lowest BCUT2D eigenvalue weighted by atomic mass is 10.0. The summed E-state index contributed by atoms with van der Waals surface area (Å²) in [4.78, 5) is 2.12. The molecule has 0 radical (unpaired) electrons. The van der Waals surface area contributed by atoms with Crippen LogP contribution in [-0.2, 0) is 0 Å². The van der Waals surface area contributed by atoms with Gasteiger partial charge in [-0.05, 0) is 39.7 Å². The predicted molar refractivity (Wildman–Crippen MR) is 64.2 cm³/mol. The molecule has 86 valence electrons. The third-order valence-electron chi connectivity index (χ3n) is 2.42. The molecule has 0 unspecified atom stereocenters. The van der Waals surface area contributed by atoms with Gasteiger partial charge in [-0.2, -0.15) is 0 Å². The number of anilines is 1. The van der Waals surface area contributed by atoms with Gasteiger partial charge in [0.15, 0.2) is 5.88 Å². The van der Waals surface area contributed by atoms with Crippen LogP contribution >= 0.6 is 0 Å². The molecular weight excluding hydrogens is 188 g/mol. The molecule has 0 bridgehead atoms. The summed E-state index contributed by atoms with van der Waals surface area (Å²) in [6.07, 6.45) is 2.11. The Kier molecular flexibility index (Phi) is 3.80. The van der Waals surface area contributed by atoms with Gasteiger partial charge < -0.3 is 15.1 Å². The van der Waals surface area contributed by atoms with Crippen molar-refractivity contribution in [3.8, 4) is 0 Å². The summed E-state index contributed by atoms with van der Waals surface area (Å²) in [7, 11) is 2.04. The molecule has 1 aromatic rings. The minimum absolute atomic E-state index is 0.0695. The van der Waals surface area contributed by atoms with Crippen LogP contribution in [0.1, 0.15) is 32.4 Å². The number of hydrogen-bond acceptors (Lipinski definition) is 3. The molecule has 2 N–H and O–H groups in total. The highest BCUT2D eigenvalue weighted by atomic mass is 16.4. The number of nitrogens with zero attached hydrogens (tertiary/aromatic N) is 1. The molecule has 0 amide bonds. The average Bonchev–Trinajstić information content (AvgIpc) is 2.49. The van der Waals surface area contributed by atoms with Crippen molar-refractivity contribution in [1.82, 2.24) is 0 Å². The van der Waals surface area contributed by atoms with Crippen LogP contribution in [0.25, 0.3) is 0 Å². The SMILES string of the molecule is Cc1ccc(N(C)CCCC(C)(C)N)o1. The summed E-state index contributed by atoms with van der Waals surface area (Å²) < 4.78 is 5.52. The lowest BCUT2D eigenvalue weighted by molar-refractivity contribution is 0.453. The van der Waals surface area contributed by atoms with Crippen LogP contribution < -0.4 is 10.6 Å². The lowest BCUT2D eigenvalue weighted by Gasteiger charge is -2.21. The van der Waals surface area contributed by atoms with Crippen molar-refractivity contribution in [2.45, 2.75) is 39.2 Å². The van der Waals surface area contributed by atoms with Gasteiger partial charge in [-0.25, -0.2) is 0 Å². The van der Waals surface area contributed by atoms with Gasteiger partial charge in [0.05, 0.1) is 0 Å². The largest absolute Gasteiger partial charge is 0.446 e. The first-order chi connectivity index (χ1) is 6.88.